The summed E-state index contributed by atoms with van der Waals surface area (Å²) in [5.74, 6) is 1.11. The van der Waals surface area contributed by atoms with Crippen molar-refractivity contribution in [2.45, 2.75) is 26.2 Å². The summed E-state index contributed by atoms with van der Waals surface area (Å²) in [6.07, 6.45) is 1.12. The molecule has 0 spiro atoms. The Labute approximate surface area is 91.3 Å². The molecule has 0 aromatic heterocycles. The minimum atomic E-state index is 0.439. The SMILES string of the molecule is CC(C)C[C@H](CN)c1cccc(Cl)c1. The monoisotopic (exact) mass is 211 g/mol. The van der Waals surface area contributed by atoms with Crippen LogP contribution in [0.1, 0.15) is 31.7 Å². The molecule has 0 aliphatic carbocycles. The van der Waals surface area contributed by atoms with Crippen molar-refractivity contribution in [2.75, 3.05) is 6.54 Å². The number of benzene rings is 1. The van der Waals surface area contributed by atoms with Crippen LogP contribution in [0.4, 0.5) is 0 Å². The first-order chi connectivity index (χ1) is 6.63. The summed E-state index contributed by atoms with van der Waals surface area (Å²) >= 11 is 5.94. The van der Waals surface area contributed by atoms with Gasteiger partial charge in [-0.1, -0.05) is 37.6 Å². The van der Waals surface area contributed by atoms with E-state index in [2.05, 4.69) is 19.9 Å². The van der Waals surface area contributed by atoms with Gasteiger partial charge in [0.05, 0.1) is 0 Å². The zero-order valence-electron chi connectivity index (χ0n) is 8.83. The predicted molar refractivity (Wildman–Crippen MR) is 62.7 cm³/mol. The molecule has 0 aliphatic rings. The minimum absolute atomic E-state index is 0.439. The molecule has 1 rings (SSSR count). The van der Waals surface area contributed by atoms with E-state index in [1.54, 1.807) is 0 Å². The Balaban J connectivity index is 2.78. The Kier molecular flexibility index (Phi) is 4.43. The molecule has 0 unspecified atom stereocenters. The van der Waals surface area contributed by atoms with Crippen LogP contribution >= 0.6 is 11.6 Å². The number of rotatable bonds is 4. The van der Waals surface area contributed by atoms with Crippen molar-refractivity contribution in [2.24, 2.45) is 11.7 Å². The highest BCUT2D eigenvalue weighted by molar-refractivity contribution is 6.30. The van der Waals surface area contributed by atoms with Crippen molar-refractivity contribution in [3.05, 3.63) is 34.9 Å². The highest BCUT2D eigenvalue weighted by Gasteiger charge is 2.11. The summed E-state index contributed by atoms with van der Waals surface area (Å²) in [7, 11) is 0. The van der Waals surface area contributed by atoms with Gasteiger partial charge in [0.1, 0.15) is 0 Å². The van der Waals surface area contributed by atoms with Crippen LogP contribution in [0.3, 0.4) is 0 Å². The maximum Gasteiger partial charge on any atom is 0.0408 e. The third-order valence-electron chi connectivity index (χ3n) is 2.36. The first-order valence-electron chi connectivity index (χ1n) is 5.09. The number of nitrogens with two attached hydrogens (primary N) is 1. The molecule has 0 heterocycles. The zero-order valence-corrected chi connectivity index (χ0v) is 9.59. The fourth-order valence-electron chi connectivity index (χ4n) is 1.70. The lowest BCUT2D eigenvalue weighted by Gasteiger charge is -2.17. The van der Waals surface area contributed by atoms with E-state index in [4.69, 9.17) is 17.3 Å². The maximum atomic E-state index is 5.94. The molecule has 2 N–H and O–H groups in total. The third kappa shape index (κ3) is 3.32. The maximum absolute atomic E-state index is 5.94. The normalized spacial score (nSPS) is 13.2. The molecular weight excluding hydrogens is 194 g/mol. The van der Waals surface area contributed by atoms with Gasteiger partial charge in [0, 0.05) is 5.02 Å². The van der Waals surface area contributed by atoms with Crippen molar-refractivity contribution in [3.63, 3.8) is 0 Å². The topological polar surface area (TPSA) is 26.0 Å². The third-order valence-corrected chi connectivity index (χ3v) is 2.60. The highest BCUT2D eigenvalue weighted by Crippen LogP contribution is 2.24. The van der Waals surface area contributed by atoms with Crippen molar-refractivity contribution in [1.29, 1.82) is 0 Å². The van der Waals surface area contributed by atoms with Gasteiger partial charge in [-0.3, -0.25) is 0 Å². The van der Waals surface area contributed by atoms with Gasteiger partial charge in [0.2, 0.25) is 0 Å². The van der Waals surface area contributed by atoms with Crippen molar-refractivity contribution in [1.82, 2.24) is 0 Å². The molecule has 0 amide bonds. The molecule has 1 nitrogen and oxygen atoms in total. The first-order valence-corrected chi connectivity index (χ1v) is 5.46. The summed E-state index contributed by atoms with van der Waals surface area (Å²) in [5, 5.41) is 0.796. The molecule has 78 valence electrons. The fraction of sp³-hybridized carbons (Fsp3) is 0.500. The molecule has 1 aromatic rings. The van der Waals surface area contributed by atoms with Crippen LogP contribution < -0.4 is 5.73 Å². The Hall–Kier alpha value is -0.530. The molecule has 0 fully saturated rings. The van der Waals surface area contributed by atoms with Crippen LogP contribution in [-0.4, -0.2) is 6.54 Å². The quantitative estimate of drug-likeness (QED) is 0.812. The van der Waals surface area contributed by atoms with Crippen LogP contribution in [0.5, 0.6) is 0 Å². The van der Waals surface area contributed by atoms with Gasteiger partial charge in [-0.25, -0.2) is 0 Å². The van der Waals surface area contributed by atoms with E-state index in [1.165, 1.54) is 5.56 Å². The van der Waals surface area contributed by atoms with Gasteiger partial charge in [-0.15, -0.1) is 0 Å². The van der Waals surface area contributed by atoms with Crippen molar-refractivity contribution >= 4 is 11.6 Å². The van der Waals surface area contributed by atoms with E-state index < -0.39 is 0 Å². The second-order valence-corrected chi connectivity index (χ2v) is 4.55. The molecule has 0 saturated carbocycles. The lowest BCUT2D eigenvalue weighted by Crippen LogP contribution is -2.14. The Morgan fingerprint density at radius 2 is 2.07 bits per heavy atom. The molecule has 2 heteroatoms. The van der Waals surface area contributed by atoms with Crippen LogP contribution in [0.25, 0.3) is 0 Å². The largest absolute Gasteiger partial charge is 0.330 e. The zero-order chi connectivity index (χ0) is 10.6. The first kappa shape index (κ1) is 11.5. The standard InChI is InChI=1S/C12H18ClN/c1-9(2)6-11(8-14)10-4-3-5-12(13)7-10/h3-5,7,9,11H,6,8,14H2,1-2H3/t11-/m1/s1. The lowest BCUT2D eigenvalue weighted by atomic mass is 9.90. The summed E-state index contributed by atoms with van der Waals surface area (Å²) in [6, 6.07) is 8.00. The number of hydrogen-bond donors (Lipinski definition) is 1. The van der Waals surface area contributed by atoms with E-state index in [0.717, 1.165) is 11.4 Å². The number of hydrogen-bond acceptors (Lipinski definition) is 1. The lowest BCUT2D eigenvalue weighted by molar-refractivity contribution is 0.504. The molecule has 0 radical (unpaired) electrons. The molecule has 0 saturated heterocycles. The molecule has 1 aromatic carbocycles. The molecule has 0 bridgehead atoms. The summed E-state index contributed by atoms with van der Waals surface area (Å²) in [6.45, 7) is 5.12. The van der Waals surface area contributed by atoms with Gasteiger partial charge >= 0.3 is 0 Å². The Bertz CT molecular complexity index is 283. The van der Waals surface area contributed by atoms with E-state index in [9.17, 15) is 0 Å². The summed E-state index contributed by atoms with van der Waals surface area (Å²) < 4.78 is 0. The van der Waals surface area contributed by atoms with E-state index in [1.807, 2.05) is 18.2 Å². The van der Waals surface area contributed by atoms with Crippen LogP contribution in [0.15, 0.2) is 24.3 Å². The summed E-state index contributed by atoms with van der Waals surface area (Å²) in [5.41, 5.74) is 7.02. The molecular formula is C12H18ClN. The minimum Gasteiger partial charge on any atom is -0.330 e. The van der Waals surface area contributed by atoms with E-state index in [-0.39, 0.29) is 0 Å². The van der Waals surface area contributed by atoms with E-state index >= 15 is 0 Å². The highest BCUT2D eigenvalue weighted by atomic mass is 35.5. The Morgan fingerprint density at radius 3 is 2.57 bits per heavy atom. The van der Waals surface area contributed by atoms with Crippen molar-refractivity contribution < 1.29 is 0 Å². The van der Waals surface area contributed by atoms with Crippen LogP contribution in [-0.2, 0) is 0 Å². The fourth-order valence-corrected chi connectivity index (χ4v) is 1.90. The predicted octanol–water partition coefficient (Wildman–Crippen LogP) is 3.43. The summed E-state index contributed by atoms with van der Waals surface area (Å²) in [4.78, 5) is 0. The van der Waals surface area contributed by atoms with Gasteiger partial charge in [-0.2, -0.15) is 0 Å². The van der Waals surface area contributed by atoms with Gasteiger partial charge in [0.15, 0.2) is 0 Å². The number of halogens is 1. The van der Waals surface area contributed by atoms with Crippen LogP contribution in [0.2, 0.25) is 5.02 Å². The second kappa shape index (κ2) is 5.38. The smallest absolute Gasteiger partial charge is 0.0408 e. The molecule has 14 heavy (non-hydrogen) atoms. The van der Waals surface area contributed by atoms with Gasteiger partial charge in [-0.05, 0) is 42.5 Å². The second-order valence-electron chi connectivity index (χ2n) is 4.12. The van der Waals surface area contributed by atoms with E-state index in [0.29, 0.717) is 18.4 Å². The molecule has 1 atom stereocenters. The Morgan fingerprint density at radius 1 is 1.36 bits per heavy atom. The van der Waals surface area contributed by atoms with Gasteiger partial charge in [0.25, 0.3) is 0 Å². The van der Waals surface area contributed by atoms with Crippen molar-refractivity contribution in [3.8, 4) is 0 Å². The molecule has 0 aliphatic heterocycles. The van der Waals surface area contributed by atoms with Gasteiger partial charge < -0.3 is 5.73 Å². The average Bonchev–Trinajstić information content (AvgIpc) is 2.14. The average molecular weight is 212 g/mol. The van der Waals surface area contributed by atoms with Crippen LogP contribution in [0, 0.1) is 5.92 Å².